The molecular weight excluding hydrogens is 420 g/mol. The first kappa shape index (κ1) is 26.1. The number of aryl methyl sites for hydroxylation is 1. The molecule has 1 fully saturated rings. The van der Waals surface area contributed by atoms with Gasteiger partial charge in [0.05, 0.1) is 6.04 Å². The van der Waals surface area contributed by atoms with Crippen LogP contribution < -0.4 is 5.32 Å². The van der Waals surface area contributed by atoms with Gasteiger partial charge in [0.2, 0.25) is 5.91 Å². The molecule has 2 atom stereocenters. The molecule has 1 aliphatic heterocycles. The van der Waals surface area contributed by atoms with Crippen molar-refractivity contribution in [1.29, 1.82) is 0 Å². The van der Waals surface area contributed by atoms with Crippen LogP contribution in [-0.4, -0.2) is 79.5 Å². The minimum atomic E-state index is -0.204. The van der Waals surface area contributed by atoms with Gasteiger partial charge in [-0.15, -0.1) is 0 Å². The molecule has 34 heavy (non-hydrogen) atoms. The van der Waals surface area contributed by atoms with Crippen molar-refractivity contribution in [3.63, 3.8) is 0 Å². The average molecular weight is 463 g/mol. The van der Waals surface area contributed by atoms with Crippen molar-refractivity contribution in [3.8, 4) is 0 Å². The molecular formula is C29H42N4O. The highest BCUT2D eigenvalue weighted by molar-refractivity contribution is 5.82. The molecule has 2 aromatic rings. The Labute approximate surface area is 206 Å². The zero-order valence-corrected chi connectivity index (χ0v) is 21.5. The number of carbonyl (C=O) groups is 1. The third-order valence-electron chi connectivity index (χ3n) is 7.16. The molecule has 1 amide bonds. The van der Waals surface area contributed by atoms with Crippen LogP contribution in [0.4, 0.5) is 0 Å². The quantitative estimate of drug-likeness (QED) is 0.548. The van der Waals surface area contributed by atoms with E-state index in [9.17, 15) is 4.79 Å². The lowest BCUT2D eigenvalue weighted by Crippen LogP contribution is -2.55. The van der Waals surface area contributed by atoms with E-state index in [2.05, 4.69) is 91.0 Å². The summed E-state index contributed by atoms with van der Waals surface area (Å²) < 4.78 is 0. The highest BCUT2D eigenvalue weighted by Gasteiger charge is 2.30. The highest BCUT2D eigenvalue weighted by Crippen LogP contribution is 2.24. The molecule has 184 valence electrons. The van der Waals surface area contributed by atoms with E-state index in [0.717, 1.165) is 56.9 Å². The van der Waals surface area contributed by atoms with Crippen molar-refractivity contribution in [3.05, 3.63) is 77.4 Å². The number of carbonyl (C=O) groups excluding carboxylic acids is 1. The standard InChI is InChI=1S/C29H42N4O/c1-6-24-11-13-25(14-12-24)21-27(30-5)29(34)33-19-17-32(18-20-33)28(22-31(7-2)8-3)26-15-9-23(4)10-16-26/h6,9-16,27-28,30H,1,7-8,17-22H2,2-5H3/t27-,28?/m1/s1. The molecule has 0 spiro atoms. The summed E-state index contributed by atoms with van der Waals surface area (Å²) in [5.41, 5.74) is 4.92. The lowest BCUT2D eigenvalue weighted by molar-refractivity contribution is -0.135. The van der Waals surface area contributed by atoms with Crippen molar-refractivity contribution in [2.45, 2.75) is 39.3 Å². The Kier molecular flexibility index (Phi) is 9.87. The Morgan fingerprint density at radius 2 is 1.65 bits per heavy atom. The zero-order chi connectivity index (χ0) is 24.5. The molecule has 5 heteroatoms. The molecule has 0 aliphatic carbocycles. The zero-order valence-electron chi connectivity index (χ0n) is 21.5. The summed E-state index contributed by atoms with van der Waals surface area (Å²) in [5, 5.41) is 3.25. The fourth-order valence-corrected chi connectivity index (χ4v) is 4.76. The summed E-state index contributed by atoms with van der Waals surface area (Å²) in [7, 11) is 1.88. The molecule has 0 bridgehead atoms. The van der Waals surface area contributed by atoms with Crippen LogP contribution in [0.15, 0.2) is 55.1 Å². The summed E-state index contributed by atoms with van der Waals surface area (Å²) in [6, 6.07) is 17.4. The van der Waals surface area contributed by atoms with E-state index in [4.69, 9.17) is 0 Å². The number of hydrogen-bond donors (Lipinski definition) is 1. The van der Waals surface area contributed by atoms with Crippen molar-refractivity contribution < 1.29 is 4.79 Å². The largest absolute Gasteiger partial charge is 0.339 e. The summed E-state index contributed by atoms with van der Waals surface area (Å²) in [4.78, 5) is 20.4. The van der Waals surface area contributed by atoms with Crippen LogP contribution in [0, 0.1) is 6.92 Å². The minimum absolute atomic E-state index is 0.200. The number of nitrogens with one attached hydrogen (secondary N) is 1. The molecule has 1 aliphatic rings. The van der Waals surface area contributed by atoms with Gasteiger partial charge in [0.25, 0.3) is 0 Å². The van der Waals surface area contributed by atoms with E-state index in [-0.39, 0.29) is 11.9 Å². The van der Waals surface area contributed by atoms with E-state index < -0.39 is 0 Å². The number of amides is 1. The van der Waals surface area contributed by atoms with Gasteiger partial charge in [0.1, 0.15) is 0 Å². The third-order valence-corrected chi connectivity index (χ3v) is 7.16. The molecule has 1 unspecified atom stereocenters. The van der Waals surface area contributed by atoms with Gasteiger partial charge >= 0.3 is 0 Å². The Hall–Kier alpha value is -2.47. The average Bonchev–Trinajstić information content (AvgIpc) is 2.89. The fraction of sp³-hybridized carbons (Fsp3) is 0.483. The van der Waals surface area contributed by atoms with Gasteiger partial charge in [-0.25, -0.2) is 0 Å². The fourth-order valence-electron chi connectivity index (χ4n) is 4.76. The second-order valence-electron chi connectivity index (χ2n) is 9.26. The van der Waals surface area contributed by atoms with E-state index >= 15 is 0 Å². The summed E-state index contributed by atoms with van der Waals surface area (Å²) in [6.45, 7) is 16.9. The Morgan fingerprint density at radius 1 is 1.03 bits per heavy atom. The van der Waals surface area contributed by atoms with Crippen LogP contribution in [0.2, 0.25) is 0 Å². The summed E-state index contributed by atoms with van der Waals surface area (Å²) in [6.07, 6.45) is 2.54. The van der Waals surface area contributed by atoms with E-state index in [1.165, 1.54) is 11.1 Å². The first-order valence-electron chi connectivity index (χ1n) is 12.7. The van der Waals surface area contributed by atoms with Crippen molar-refractivity contribution >= 4 is 12.0 Å². The maximum absolute atomic E-state index is 13.3. The van der Waals surface area contributed by atoms with Gasteiger partial charge in [-0.05, 0) is 50.2 Å². The smallest absolute Gasteiger partial charge is 0.240 e. The minimum Gasteiger partial charge on any atom is -0.339 e. The van der Waals surface area contributed by atoms with E-state index in [1.807, 2.05) is 18.0 Å². The van der Waals surface area contributed by atoms with Crippen molar-refractivity contribution in [2.24, 2.45) is 0 Å². The van der Waals surface area contributed by atoms with Gasteiger partial charge in [0, 0.05) is 38.8 Å². The van der Waals surface area contributed by atoms with E-state index in [1.54, 1.807) is 0 Å². The normalized spacial score (nSPS) is 16.4. The summed E-state index contributed by atoms with van der Waals surface area (Å²) in [5.74, 6) is 0.200. The van der Waals surface area contributed by atoms with Gasteiger partial charge < -0.3 is 15.1 Å². The lowest BCUT2D eigenvalue weighted by Gasteiger charge is -2.42. The van der Waals surface area contributed by atoms with Crippen LogP contribution in [0.1, 0.15) is 42.1 Å². The Morgan fingerprint density at radius 3 is 2.18 bits per heavy atom. The third kappa shape index (κ3) is 6.78. The van der Waals surface area contributed by atoms with Crippen molar-refractivity contribution in [2.75, 3.05) is 52.9 Å². The maximum atomic E-state index is 13.3. The highest BCUT2D eigenvalue weighted by atomic mass is 16.2. The SMILES string of the molecule is C=Cc1ccc(C[C@@H](NC)C(=O)N2CCN(C(CN(CC)CC)c3ccc(C)cc3)CC2)cc1. The molecule has 1 saturated heterocycles. The van der Waals surface area contributed by atoms with Gasteiger partial charge in [-0.2, -0.15) is 0 Å². The van der Waals surface area contributed by atoms with Crippen LogP contribution in [0.3, 0.4) is 0 Å². The van der Waals surface area contributed by atoms with Crippen LogP contribution >= 0.6 is 0 Å². The van der Waals surface area contributed by atoms with Crippen LogP contribution in [0.5, 0.6) is 0 Å². The van der Waals surface area contributed by atoms with Crippen LogP contribution in [-0.2, 0) is 11.2 Å². The molecule has 5 nitrogen and oxygen atoms in total. The number of rotatable bonds is 11. The predicted molar refractivity (Wildman–Crippen MR) is 143 cm³/mol. The predicted octanol–water partition coefficient (Wildman–Crippen LogP) is 4.00. The number of likely N-dealkylation sites (N-methyl/N-ethyl adjacent to an activating group) is 2. The number of nitrogens with zero attached hydrogens (tertiary/aromatic N) is 3. The second-order valence-corrected chi connectivity index (χ2v) is 9.26. The monoisotopic (exact) mass is 462 g/mol. The van der Waals surface area contributed by atoms with E-state index in [0.29, 0.717) is 12.5 Å². The van der Waals surface area contributed by atoms with Crippen LogP contribution in [0.25, 0.3) is 6.08 Å². The first-order valence-corrected chi connectivity index (χ1v) is 12.7. The number of piperazine rings is 1. The first-order chi connectivity index (χ1) is 16.5. The molecule has 2 aromatic carbocycles. The lowest BCUT2D eigenvalue weighted by atomic mass is 10.0. The van der Waals surface area contributed by atoms with Gasteiger partial charge in [0.15, 0.2) is 0 Å². The maximum Gasteiger partial charge on any atom is 0.240 e. The topological polar surface area (TPSA) is 38.8 Å². The van der Waals surface area contributed by atoms with Gasteiger partial charge in [-0.1, -0.05) is 80.6 Å². The Balaban J connectivity index is 1.64. The van der Waals surface area contributed by atoms with Crippen molar-refractivity contribution in [1.82, 2.24) is 20.0 Å². The molecule has 0 saturated carbocycles. The van der Waals surface area contributed by atoms with Gasteiger partial charge in [-0.3, -0.25) is 9.69 Å². The molecule has 3 rings (SSSR count). The Bertz CT molecular complexity index is 897. The molecule has 0 radical (unpaired) electrons. The number of hydrogen-bond acceptors (Lipinski definition) is 4. The molecule has 1 heterocycles. The molecule has 0 aromatic heterocycles. The summed E-state index contributed by atoms with van der Waals surface area (Å²) >= 11 is 0. The number of benzene rings is 2. The molecule has 1 N–H and O–H groups in total. The second kappa shape index (κ2) is 12.8.